The van der Waals surface area contributed by atoms with E-state index in [2.05, 4.69) is 20.9 Å². The second-order valence-corrected chi connectivity index (χ2v) is 6.89. The highest BCUT2D eigenvalue weighted by Gasteiger charge is 2.24. The van der Waals surface area contributed by atoms with Crippen LogP contribution in [0, 0.1) is 0 Å². The molecule has 0 saturated carbocycles. The first-order chi connectivity index (χ1) is 11.2. The predicted octanol–water partition coefficient (Wildman–Crippen LogP) is 1.72. The van der Waals surface area contributed by atoms with Crippen LogP contribution in [0.4, 0.5) is 0 Å². The van der Waals surface area contributed by atoms with Crippen LogP contribution < -0.4 is 5.32 Å². The SMILES string of the molecule is Cn1cccc1CCC(=O)NC1CCN(C[C@H]2CCCO2)CC1. The third-order valence-corrected chi connectivity index (χ3v) is 5.10. The van der Waals surface area contributed by atoms with E-state index >= 15 is 0 Å². The molecule has 1 amide bonds. The number of rotatable bonds is 6. The van der Waals surface area contributed by atoms with E-state index in [4.69, 9.17) is 4.74 Å². The molecule has 5 heteroatoms. The molecule has 2 aliphatic heterocycles. The highest BCUT2D eigenvalue weighted by molar-refractivity contribution is 5.76. The largest absolute Gasteiger partial charge is 0.377 e. The van der Waals surface area contributed by atoms with Gasteiger partial charge in [-0.2, -0.15) is 0 Å². The van der Waals surface area contributed by atoms with Crippen LogP contribution >= 0.6 is 0 Å². The maximum absolute atomic E-state index is 12.1. The molecule has 0 aliphatic carbocycles. The summed E-state index contributed by atoms with van der Waals surface area (Å²) in [6.45, 7) is 4.14. The predicted molar refractivity (Wildman–Crippen MR) is 90.3 cm³/mol. The van der Waals surface area contributed by atoms with Crippen LogP contribution in [0.2, 0.25) is 0 Å². The number of aryl methyl sites for hydroxylation is 2. The molecule has 0 unspecified atom stereocenters. The molecule has 2 aliphatic rings. The quantitative estimate of drug-likeness (QED) is 0.868. The Kier molecular flexibility index (Phi) is 5.73. The lowest BCUT2D eigenvalue weighted by Crippen LogP contribution is -2.46. The standard InChI is InChI=1S/C18H29N3O2/c1-20-10-2-4-16(20)6-7-18(22)19-15-8-11-21(12-9-15)14-17-5-3-13-23-17/h2,4,10,15,17H,3,5-9,11-14H2,1H3,(H,19,22)/t17-/m1/s1. The maximum Gasteiger partial charge on any atom is 0.220 e. The number of hydrogen-bond acceptors (Lipinski definition) is 3. The average Bonchev–Trinajstić information content (AvgIpc) is 3.19. The Morgan fingerprint density at radius 2 is 2.17 bits per heavy atom. The summed E-state index contributed by atoms with van der Waals surface area (Å²) in [4.78, 5) is 14.6. The second-order valence-electron chi connectivity index (χ2n) is 6.89. The van der Waals surface area contributed by atoms with Crippen molar-refractivity contribution in [1.82, 2.24) is 14.8 Å². The molecule has 5 nitrogen and oxygen atoms in total. The molecule has 0 bridgehead atoms. The van der Waals surface area contributed by atoms with E-state index in [1.807, 2.05) is 19.3 Å². The number of ether oxygens (including phenoxy) is 1. The zero-order chi connectivity index (χ0) is 16.1. The first kappa shape index (κ1) is 16.5. The van der Waals surface area contributed by atoms with Crippen molar-refractivity contribution >= 4 is 5.91 Å². The lowest BCUT2D eigenvalue weighted by Gasteiger charge is -2.33. The zero-order valence-corrected chi connectivity index (χ0v) is 14.2. The van der Waals surface area contributed by atoms with Gasteiger partial charge in [0.1, 0.15) is 0 Å². The molecule has 1 aromatic rings. The molecule has 0 aromatic carbocycles. The van der Waals surface area contributed by atoms with Crippen molar-refractivity contribution in [2.24, 2.45) is 7.05 Å². The third kappa shape index (κ3) is 4.82. The van der Waals surface area contributed by atoms with E-state index in [9.17, 15) is 4.79 Å². The van der Waals surface area contributed by atoms with Crippen LogP contribution in [-0.2, 0) is 23.0 Å². The summed E-state index contributed by atoms with van der Waals surface area (Å²) in [5.74, 6) is 0.184. The molecule has 0 radical (unpaired) electrons. The van der Waals surface area contributed by atoms with Crippen molar-refractivity contribution in [1.29, 1.82) is 0 Å². The monoisotopic (exact) mass is 319 g/mol. The lowest BCUT2D eigenvalue weighted by atomic mass is 10.0. The van der Waals surface area contributed by atoms with Crippen LogP contribution in [-0.4, -0.2) is 53.8 Å². The maximum atomic E-state index is 12.1. The first-order valence-electron chi connectivity index (χ1n) is 8.94. The molecule has 3 heterocycles. The van der Waals surface area contributed by atoms with Crippen LogP contribution in [0.15, 0.2) is 18.3 Å². The normalized spacial score (nSPS) is 23.3. The minimum absolute atomic E-state index is 0.184. The number of nitrogens with one attached hydrogen (secondary N) is 1. The Balaban J connectivity index is 1.33. The molecule has 1 atom stereocenters. The third-order valence-electron chi connectivity index (χ3n) is 5.10. The number of carbonyl (C=O) groups excluding carboxylic acids is 1. The Morgan fingerprint density at radius 1 is 1.35 bits per heavy atom. The van der Waals surface area contributed by atoms with Gasteiger partial charge in [-0.15, -0.1) is 0 Å². The molecule has 23 heavy (non-hydrogen) atoms. The van der Waals surface area contributed by atoms with Crippen molar-refractivity contribution < 1.29 is 9.53 Å². The number of likely N-dealkylation sites (tertiary alicyclic amines) is 1. The Bertz CT molecular complexity index is 500. The fourth-order valence-electron chi connectivity index (χ4n) is 3.63. The van der Waals surface area contributed by atoms with Crippen LogP contribution in [0.1, 0.15) is 37.8 Å². The molecule has 2 saturated heterocycles. The molecule has 0 spiro atoms. The number of nitrogens with zero attached hydrogens (tertiary/aromatic N) is 2. The molecular weight excluding hydrogens is 290 g/mol. The molecule has 1 N–H and O–H groups in total. The van der Waals surface area contributed by atoms with Gasteiger partial charge in [0.25, 0.3) is 0 Å². The van der Waals surface area contributed by atoms with Gasteiger partial charge in [-0.25, -0.2) is 0 Å². The summed E-state index contributed by atoms with van der Waals surface area (Å²) in [6, 6.07) is 4.45. The van der Waals surface area contributed by atoms with Crippen LogP contribution in [0.25, 0.3) is 0 Å². The molecule has 1 aromatic heterocycles. The van der Waals surface area contributed by atoms with Gasteiger partial charge in [0.05, 0.1) is 6.10 Å². The number of aromatic nitrogens is 1. The summed E-state index contributed by atoms with van der Waals surface area (Å²) in [7, 11) is 2.02. The van der Waals surface area contributed by atoms with E-state index < -0.39 is 0 Å². The van der Waals surface area contributed by atoms with Gasteiger partial charge < -0.3 is 19.5 Å². The van der Waals surface area contributed by atoms with Crippen molar-refractivity contribution in [3.05, 3.63) is 24.0 Å². The van der Waals surface area contributed by atoms with E-state index in [-0.39, 0.29) is 5.91 Å². The van der Waals surface area contributed by atoms with Crippen molar-refractivity contribution in [2.45, 2.75) is 50.7 Å². The molecular formula is C18H29N3O2. The Hall–Kier alpha value is -1.33. The highest BCUT2D eigenvalue weighted by atomic mass is 16.5. The van der Waals surface area contributed by atoms with Crippen molar-refractivity contribution in [2.75, 3.05) is 26.2 Å². The summed E-state index contributed by atoms with van der Waals surface area (Å²) < 4.78 is 7.79. The summed E-state index contributed by atoms with van der Waals surface area (Å²) >= 11 is 0. The average molecular weight is 319 g/mol. The molecule has 128 valence electrons. The number of piperidine rings is 1. The second kappa shape index (κ2) is 7.97. The molecule has 3 rings (SSSR count). The number of hydrogen-bond donors (Lipinski definition) is 1. The molecule has 2 fully saturated rings. The summed E-state index contributed by atoms with van der Waals surface area (Å²) in [6.07, 6.45) is 8.38. The van der Waals surface area contributed by atoms with E-state index in [0.29, 0.717) is 18.6 Å². The Labute approximate surface area is 139 Å². The fraction of sp³-hybridized carbons (Fsp3) is 0.722. The van der Waals surface area contributed by atoms with Gasteiger partial charge in [-0.05, 0) is 44.2 Å². The van der Waals surface area contributed by atoms with Gasteiger partial charge >= 0.3 is 0 Å². The minimum atomic E-state index is 0.184. The van der Waals surface area contributed by atoms with Crippen LogP contribution in [0.3, 0.4) is 0 Å². The number of amides is 1. The Morgan fingerprint density at radius 3 is 2.83 bits per heavy atom. The van der Waals surface area contributed by atoms with E-state index in [0.717, 1.165) is 45.5 Å². The summed E-state index contributed by atoms with van der Waals surface area (Å²) in [5.41, 5.74) is 1.21. The summed E-state index contributed by atoms with van der Waals surface area (Å²) in [5, 5.41) is 3.21. The van der Waals surface area contributed by atoms with E-state index in [1.54, 1.807) is 0 Å². The zero-order valence-electron chi connectivity index (χ0n) is 14.2. The smallest absolute Gasteiger partial charge is 0.220 e. The van der Waals surface area contributed by atoms with Gasteiger partial charge in [-0.1, -0.05) is 0 Å². The topological polar surface area (TPSA) is 46.5 Å². The fourth-order valence-corrected chi connectivity index (χ4v) is 3.63. The van der Waals surface area contributed by atoms with Gasteiger partial charge in [0, 0.05) is 57.6 Å². The van der Waals surface area contributed by atoms with Gasteiger partial charge in [0.2, 0.25) is 5.91 Å². The van der Waals surface area contributed by atoms with Gasteiger partial charge in [-0.3, -0.25) is 4.79 Å². The lowest BCUT2D eigenvalue weighted by molar-refractivity contribution is -0.122. The van der Waals surface area contributed by atoms with E-state index in [1.165, 1.54) is 18.5 Å². The van der Waals surface area contributed by atoms with Crippen molar-refractivity contribution in [3.63, 3.8) is 0 Å². The first-order valence-corrected chi connectivity index (χ1v) is 8.94. The number of carbonyl (C=O) groups is 1. The van der Waals surface area contributed by atoms with Crippen molar-refractivity contribution in [3.8, 4) is 0 Å². The van der Waals surface area contributed by atoms with Gasteiger partial charge in [0.15, 0.2) is 0 Å². The van der Waals surface area contributed by atoms with Crippen LogP contribution in [0.5, 0.6) is 0 Å². The highest BCUT2D eigenvalue weighted by Crippen LogP contribution is 2.17. The minimum Gasteiger partial charge on any atom is -0.377 e.